The average Bonchev–Trinajstić information content (AvgIpc) is 2.85. The largest absolute Gasteiger partial charge is 0.395 e. The maximum Gasteiger partial charge on any atom is 0.294 e. The first kappa shape index (κ1) is 25.3. The van der Waals surface area contributed by atoms with Crippen molar-refractivity contribution < 1.29 is 18.6 Å². The minimum atomic E-state index is -0.917. The number of aromatic nitrogens is 2. The van der Waals surface area contributed by atoms with Crippen LogP contribution in [0, 0.1) is 11.6 Å². The Labute approximate surface area is 204 Å². The SMILES string of the molecule is CCCOCCn1c2c(nc(N3CCN(CCO)CC3)c1=O)CN(C)C(c1cccc(F)c1F)=C2. The molecule has 0 saturated carbocycles. The summed E-state index contributed by atoms with van der Waals surface area (Å²) in [6.45, 7) is 7.13. The van der Waals surface area contributed by atoms with Crippen LogP contribution >= 0.6 is 0 Å². The summed E-state index contributed by atoms with van der Waals surface area (Å²) >= 11 is 0. The number of nitrogens with zero attached hydrogens (tertiary/aromatic N) is 5. The highest BCUT2D eigenvalue weighted by Gasteiger charge is 2.28. The maximum absolute atomic E-state index is 14.6. The zero-order chi connectivity index (χ0) is 24.9. The van der Waals surface area contributed by atoms with Crippen molar-refractivity contribution in [2.45, 2.75) is 26.4 Å². The van der Waals surface area contributed by atoms with Gasteiger partial charge in [0.25, 0.3) is 5.56 Å². The molecule has 1 aromatic carbocycles. The minimum absolute atomic E-state index is 0.106. The number of aliphatic hydroxyl groups excluding tert-OH is 1. The van der Waals surface area contributed by atoms with Crippen LogP contribution < -0.4 is 10.5 Å². The summed E-state index contributed by atoms with van der Waals surface area (Å²) in [5.41, 5.74) is 1.71. The van der Waals surface area contributed by atoms with Crippen molar-refractivity contribution in [2.75, 3.05) is 64.5 Å². The molecule has 1 aromatic heterocycles. The fourth-order valence-electron chi connectivity index (χ4n) is 4.59. The number of piperazine rings is 1. The number of anilines is 1. The van der Waals surface area contributed by atoms with Crippen LogP contribution in [0.2, 0.25) is 0 Å². The van der Waals surface area contributed by atoms with E-state index in [1.165, 1.54) is 12.1 Å². The molecule has 0 radical (unpaired) electrons. The molecule has 0 atom stereocenters. The van der Waals surface area contributed by atoms with Gasteiger partial charge in [-0.15, -0.1) is 0 Å². The number of benzene rings is 1. The summed E-state index contributed by atoms with van der Waals surface area (Å²) in [5.74, 6) is -1.44. The Kier molecular flexibility index (Phi) is 8.15. The molecule has 0 spiro atoms. The van der Waals surface area contributed by atoms with Gasteiger partial charge in [-0.2, -0.15) is 0 Å². The van der Waals surface area contributed by atoms with Gasteiger partial charge in [0, 0.05) is 64.2 Å². The zero-order valence-corrected chi connectivity index (χ0v) is 20.3. The van der Waals surface area contributed by atoms with E-state index in [9.17, 15) is 18.7 Å². The van der Waals surface area contributed by atoms with Crippen molar-refractivity contribution in [2.24, 2.45) is 0 Å². The fourth-order valence-corrected chi connectivity index (χ4v) is 4.59. The van der Waals surface area contributed by atoms with Gasteiger partial charge in [-0.1, -0.05) is 13.0 Å². The van der Waals surface area contributed by atoms with Crippen LogP contribution in [0.1, 0.15) is 30.3 Å². The normalized spacial score (nSPS) is 16.4. The molecule has 2 aliphatic heterocycles. The van der Waals surface area contributed by atoms with Crippen LogP contribution in [0.25, 0.3) is 11.8 Å². The quantitative estimate of drug-likeness (QED) is 0.540. The van der Waals surface area contributed by atoms with E-state index in [0.29, 0.717) is 68.8 Å². The number of hydrogen-bond donors (Lipinski definition) is 1. The molecule has 2 aromatic rings. The van der Waals surface area contributed by atoms with Crippen molar-refractivity contribution in [1.82, 2.24) is 19.4 Å². The monoisotopic (exact) mass is 489 g/mol. The molecule has 1 N–H and O–H groups in total. The summed E-state index contributed by atoms with van der Waals surface area (Å²) in [5, 5.41) is 9.21. The Bertz CT molecular complexity index is 1130. The molecule has 0 unspecified atom stereocenters. The Morgan fingerprint density at radius 3 is 2.60 bits per heavy atom. The molecule has 8 nitrogen and oxygen atoms in total. The lowest BCUT2D eigenvalue weighted by Crippen LogP contribution is -2.49. The molecule has 4 rings (SSSR count). The first-order valence-corrected chi connectivity index (χ1v) is 12.1. The molecule has 0 amide bonds. The molecule has 1 saturated heterocycles. The van der Waals surface area contributed by atoms with E-state index in [-0.39, 0.29) is 17.7 Å². The van der Waals surface area contributed by atoms with Crippen LogP contribution in [0.15, 0.2) is 23.0 Å². The van der Waals surface area contributed by atoms with Gasteiger partial charge in [0.15, 0.2) is 17.5 Å². The lowest BCUT2D eigenvalue weighted by atomic mass is 10.0. The number of ether oxygens (including phenoxy) is 1. The highest BCUT2D eigenvalue weighted by Crippen LogP contribution is 2.31. The third kappa shape index (κ3) is 5.39. The molecule has 190 valence electrons. The second-order valence-electron chi connectivity index (χ2n) is 8.88. The van der Waals surface area contributed by atoms with E-state index < -0.39 is 11.6 Å². The predicted octanol–water partition coefficient (Wildman–Crippen LogP) is 2.01. The Balaban J connectivity index is 1.74. The van der Waals surface area contributed by atoms with Crippen molar-refractivity contribution in [3.05, 3.63) is 57.1 Å². The Morgan fingerprint density at radius 2 is 1.89 bits per heavy atom. The topological polar surface area (TPSA) is 74.1 Å². The third-order valence-corrected chi connectivity index (χ3v) is 6.46. The number of halogens is 2. The highest BCUT2D eigenvalue weighted by atomic mass is 19.2. The van der Waals surface area contributed by atoms with Gasteiger partial charge in [-0.05, 0) is 24.6 Å². The van der Waals surface area contributed by atoms with Gasteiger partial charge in [-0.3, -0.25) is 9.69 Å². The molecule has 10 heteroatoms. The van der Waals surface area contributed by atoms with Crippen molar-refractivity contribution in [1.29, 1.82) is 0 Å². The fraction of sp³-hybridized carbons (Fsp3) is 0.520. The smallest absolute Gasteiger partial charge is 0.294 e. The van der Waals surface area contributed by atoms with Crippen molar-refractivity contribution in [3.63, 3.8) is 0 Å². The molecule has 2 aliphatic rings. The Hall–Kier alpha value is -2.82. The van der Waals surface area contributed by atoms with Crippen LogP contribution in [0.3, 0.4) is 0 Å². The number of rotatable bonds is 9. The molecule has 0 aliphatic carbocycles. The molecular weight excluding hydrogens is 456 g/mol. The Morgan fingerprint density at radius 1 is 1.11 bits per heavy atom. The van der Waals surface area contributed by atoms with E-state index in [2.05, 4.69) is 4.90 Å². The van der Waals surface area contributed by atoms with Gasteiger partial charge < -0.3 is 24.2 Å². The molecule has 1 fully saturated rings. The van der Waals surface area contributed by atoms with Gasteiger partial charge in [-0.25, -0.2) is 13.8 Å². The summed E-state index contributed by atoms with van der Waals surface area (Å²) in [4.78, 5) is 24.4. The summed E-state index contributed by atoms with van der Waals surface area (Å²) in [7, 11) is 1.80. The highest BCUT2D eigenvalue weighted by molar-refractivity contribution is 5.82. The number of β-amino-alcohol motifs (C(OH)–C–C–N with tert-alkyl or cyclic N) is 1. The van der Waals surface area contributed by atoms with E-state index >= 15 is 0 Å². The maximum atomic E-state index is 14.6. The molecular formula is C25H33F2N5O3. The first-order chi connectivity index (χ1) is 16.9. The number of aliphatic hydroxyl groups is 1. The lowest BCUT2D eigenvalue weighted by molar-refractivity contribution is 0.126. The second kappa shape index (κ2) is 11.3. The second-order valence-corrected chi connectivity index (χ2v) is 8.88. The lowest BCUT2D eigenvalue weighted by Gasteiger charge is -2.36. The van der Waals surface area contributed by atoms with Gasteiger partial charge in [0.1, 0.15) is 0 Å². The zero-order valence-electron chi connectivity index (χ0n) is 20.3. The van der Waals surface area contributed by atoms with E-state index in [4.69, 9.17) is 9.72 Å². The molecule has 0 bridgehead atoms. The van der Waals surface area contributed by atoms with E-state index in [0.717, 1.165) is 25.6 Å². The van der Waals surface area contributed by atoms with E-state index in [1.54, 1.807) is 17.7 Å². The van der Waals surface area contributed by atoms with Crippen LogP contribution in [0.4, 0.5) is 14.6 Å². The van der Waals surface area contributed by atoms with E-state index in [1.807, 2.05) is 16.7 Å². The standard InChI is InChI=1S/C25H33F2N5O3/c1-3-14-35-15-12-32-22-16-21(18-5-4-6-19(26)23(18)27)29(2)17-20(22)28-24(25(32)34)31-9-7-30(8-10-31)11-13-33/h4-6,16,33H,3,7-15,17H2,1-2H3. The van der Waals surface area contributed by atoms with Crippen LogP contribution in [-0.4, -0.2) is 84.0 Å². The van der Waals surface area contributed by atoms with Crippen LogP contribution in [0.5, 0.6) is 0 Å². The number of hydrogen-bond acceptors (Lipinski definition) is 7. The van der Waals surface area contributed by atoms with Crippen molar-refractivity contribution >= 4 is 17.6 Å². The van der Waals surface area contributed by atoms with Crippen molar-refractivity contribution in [3.8, 4) is 0 Å². The molecule has 3 heterocycles. The minimum Gasteiger partial charge on any atom is -0.395 e. The summed E-state index contributed by atoms with van der Waals surface area (Å²) in [6.07, 6.45) is 2.59. The predicted molar refractivity (Wildman–Crippen MR) is 131 cm³/mol. The van der Waals surface area contributed by atoms with Crippen LogP contribution in [-0.2, 0) is 17.8 Å². The third-order valence-electron chi connectivity index (χ3n) is 6.46. The van der Waals surface area contributed by atoms with Gasteiger partial charge in [0.2, 0.25) is 0 Å². The first-order valence-electron chi connectivity index (χ1n) is 12.1. The number of fused-ring (bicyclic) bond motifs is 1. The van der Waals surface area contributed by atoms with Gasteiger partial charge >= 0.3 is 0 Å². The summed E-state index contributed by atoms with van der Waals surface area (Å²) < 4.78 is 35.9. The summed E-state index contributed by atoms with van der Waals surface area (Å²) in [6, 6.07) is 4.10. The average molecular weight is 490 g/mol. The molecule has 35 heavy (non-hydrogen) atoms. The van der Waals surface area contributed by atoms with Gasteiger partial charge in [0.05, 0.1) is 31.1 Å².